The van der Waals surface area contributed by atoms with Crippen molar-refractivity contribution in [2.75, 3.05) is 4.90 Å². The van der Waals surface area contributed by atoms with Gasteiger partial charge in [0.2, 0.25) is 0 Å². The third-order valence-corrected chi connectivity index (χ3v) is 6.42. The summed E-state index contributed by atoms with van der Waals surface area (Å²) in [6.45, 7) is 0. The van der Waals surface area contributed by atoms with Crippen molar-refractivity contribution in [1.29, 1.82) is 0 Å². The number of benzene rings is 1. The molecule has 2 atom stereocenters. The van der Waals surface area contributed by atoms with Crippen molar-refractivity contribution < 1.29 is 5.11 Å². The van der Waals surface area contributed by atoms with E-state index in [1.807, 2.05) is 29.2 Å². The molecule has 3 heterocycles. The quantitative estimate of drug-likeness (QED) is 0.503. The van der Waals surface area contributed by atoms with Crippen LogP contribution in [0.2, 0.25) is 5.02 Å². The second-order valence-electron chi connectivity index (χ2n) is 5.77. The molecule has 0 bridgehead atoms. The van der Waals surface area contributed by atoms with Crippen molar-refractivity contribution in [2.45, 2.75) is 12.1 Å². The smallest absolute Gasteiger partial charge is 0.174 e. The van der Waals surface area contributed by atoms with Gasteiger partial charge in [0.05, 0.1) is 27.3 Å². The van der Waals surface area contributed by atoms with Crippen molar-refractivity contribution in [3.63, 3.8) is 0 Å². The normalized spacial score (nSPS) is 19.6. The summed E-state index contributed by atoms with van der Waals surface area (Å²) in [6, 6.07) is 14.5. The average Bonchev–Trinajstić information content (AvgIpc) is 3.21. The largest absolute Gasteiger partial charge is 0.506 e. The van der Waals surface area contributed by atoms with Crippen LogP contribution < -0.4 is 10.2 Å². The van der Waals surface area contributed by atoms with Gasteiger partial charge in [-0.05, 0) is 70.6 Å². The zero-order valence-corrected chi connectivity index (χ0v) is 17.2. The molecule has 8 heteroatoms. The molecule has 0 amide bonds. The molecule has 1 fully saturated rings. The number of pyridine rings is 1. The molecule has 4 nitrogen and oxygen atoms in total. The molecule has 0 spiro atoms. The molecule has 26 heavy (non-hydrogen) atoms. The number of rotatable bonds is 3. The Kier molecular flexibility index (Phi) is 4.88. The molecule has 2 aromatic heterocycles. The number of aromatic hydroxyl groups is 1. The lowest BCUT2D eigenvalue weighted by Crippen LogP contribution is -2.29. The van der Waals surface area contributed by atoms with Crippen LogP contribution in [-0.2, 0) is 0 Å². The molecule has 3 aromatic rings. The van der Waals surface area contributed by atoms with E-state index in [1.165, 1.54) is 0 Å². The standard InChI is InChI=1S/C18H13BrClN3OS2/c19-15-7-6-14(26-15)17-16(11-3-1-2-8-21-11)22-18(25)23(17)12-9-10(20)4-5-13(12)24/h1-9,16-17,24H,(H,22,25)/t16-,17-/m1/s1. The minimum Gasteiger partial charge on any atom is -0.506 e. The highest BCUT2D eigenvalue weighted by molar-refractivity contribution is 9.11. The zero-order chi connectivity index (χ0) is 18.3. The fraction of sp³-hybridized carbons (Fsp3) is 0.111. The number of anilines is 1. The van der Waals surface area contributed by atoms with E-state index in [1.54, 1.807) is 35.7 Å². The number of nitrogens with one attached hydrogen (secondary N) is 1. The number of nitrogens with zero attached hydrogens (tertiary/aromatic N) is 2. The van der Waals surface area contributed by atoms with E-state index < -0.39 is 0 Å². The number of thiocarbonyl (C=S) groups is 1. The molecule has 0 aliphatic carbocycles. The van der Waals surface area contributed by atoms with E-state index in [0.717, 1.165) is 14.4 Å². The van der Waals surface area contributed by atoms with Crippen molar-refractivity contribution >= 4 is 61.9 Å². The molecule has 0 unspecified atom stereocenters. The Labute approximate surface area is 173 Å². The van der Waals surface area contributed by atoms with Gasteiger partial charge >= 0.3 is 0 Å². The van der Waals surface area contributed by atoms with E-state index in [0.29, 0.717) is 15.8 Å². The van der Waals surface area contributed by atoms with E-state index in [4.69, 9.17) is 23.8 Å². The lowest BCUT2D eigenvalue weighted by molar-refractivity contribution is 0.473. The lowest BCUT2D eigenvalue weighted by atomic mass is 10.0. The third kappa shape index (κ3) is 3.20. The topological polar surface area (TPSA) is 48.4 Å². The summed E-state index contributed by atoms with van der Waals surface area (Å²) in [4.78, 5) is 7.51. The molecule has 1 saturated heterocycles. The van der Waals surface area contributed by atoms with Gasteiger partial charge in [-0.1, -0.05) is 17.7 Å². The summed E-state index contributed by atoms with van der Waals surface area (Å²) in [5.74, 6) is 0.126. The minimum absolute atomic E-state index is 0.126. The summed E-state index contributed by atoms with van der Waals surface area (Å²) < 4.78 is 1.03. The minimum atomic E-state index is -0.155. The van der Waals surface area contributed by atoms with E-state index in [2.05, 4.69) is 32.3 Å². The molecule has 0 saturated carbocycles. The molecule has 132 valence electrons. The van der Waals surface area contributed by atoms with Gasteiger partial charge in [0.1, 0.15) is 5.75 Å². The molecule has 1 aromatic carbocycles. The summed E-state index contributed by atoms with van der Waals surface area (Å²) >= 11 is 16.9. The maximum absolute atomic E-state index is 10.4. The number of aromatic nitrogens is 1. The number of hydrogen-bond acceptors (Lipinski definition) is 4. The summed E-state index contributed by atoms with van der Waals surface area (Å²) in [7, 11) is 0. The molecule has 0 radical (unpaired) electrons. The van der Waals surface area contributed by atoms with Crippen LogP contribution in [0.5, 0.6) is 5.75 Å². The Morgan fingerprint density at radius 2 is 2.08 bits per heavy atom. The number of halogens is 2. The highest BCUT2D eigenvalue weighted by Crippen LogP contribution is 2.46. The zero-order valence-electron chi connectivity index (χ0n) is 13.3. The second kappa shape index (κ2) is 7.15. The lowest BCUT2D eigenvalue weighted by Gasteiger charge is -2.27. The average molecular weight is 467 g/mol. The van der Waals surface area contributed by atoms with Crippen LogP contribution >= 0.6 is 51.1 Å². The Morgan fingerprint density at radius 3 is 2.77 bits per heavy atom. The Balaban J connectivity index is 1.86. The Hall–Kier alpha value is -1.67. The Morgan fingerprint density at radius 1 is 1.23 bits per heavy atom. The van der Waals surface area contributed by atoms with Gasteiger partial charge in [0.25, 0.3) is 0 Å². The number of phenolic OH excluding ortho intramolecular Hbond substituents is 1. The van der Waals surface area contributed by atoms with Gasteiger partial charge in [-0.15, -0.1) is 11.3 Å². The van der Waals surface area contributed by atoms with Crippen LogP contribution in [0.15, 0.2) is 58.5 Å². The van der Waals surface area contributed by atoms with Crippen molar-refractivity contribution in [2.24, 2.45) is 0 Å². The molecular formula is C18H13BrClN3OS2. The molecular weight excluding hydrogens is 454 g/mol. The highest BCUT2D eigenvalue weighted by Gasteiger charge is 2.42. The first-order chi connectivity index (χ1) is 12.5. The van der Waals surface area contributed by atoms with Gasteiger partial charge in [0.15, 0.2) is 5.11 Å². The van der Waals surface area contributed by atoms with E-state index in [9.17, 15) is 5.11 Å². The van der Waals surface area contributed by atoms with Crippen molar-refractivity contribution in [3.05, 3.63) is 74.1 Å². The predicted octanol–water partition coefficient (Wildman–Crippen LogP) is 5.44. The van der Waals surface area contributed by atoms with Gasteiger partial charge in [0, 0.05) is 16.1 Å². The fourth-order valence-corrected chi connectivity index (χ4v) is 5.14. The van der Waals surface area contributed by atoms with E-state index in [-0.39, 0.29) is 17.8 Å². The van der Waals surface area contributed by atoms with E-state index >= 15 is 0 Å². The number of phenols is 1. The summed E-state index contributed by atoms with van der Waals surface area (Å²) in [6.07, 6.45) is 1.76. The first-order valence-electron chi connectivity index (χ1n) is 7.79. The second-order valence-corrected chi connectivity index (χ2v) is 9.09. The molecule has 1 aliphatic rings. The molecule has 1 aliphatic heterocycles. The maximum atomic E-state index is 10.4. The summed E-state index contributed by atoms with van der Waals surface area (Å²) in [5, 5.41) is 14.8. The fourth-order valence-electron chi connectivity index (χ4n) is 3.08. The SMILES string of the molecule is Oc1ccc(Cl)cc1N1C(=S)N[C@H](c2ccccn2)[C@H]1c1ccc(Br)s1. The van der Waals surface area contributed by atoms with Gasteiger partial charge in [-0.2, -0.15) is 0 Å². The predicted molar refractivity (Wildman–Crippen MR) is 113 cm³/mol. The van der Waals surface area contributed by atoms with Gasteiger partial charge < -0.3 is 15.3 Å². The van der Waals surface area contributed by atoms with Crippen LogP contribution in [0.25, 0.3) is 0 Å². The third-order valence-electron chi connectivity index (χ3n) is 4.18. The van der Waals surface area contributed by atoms with Gasteiger partial charge in [-0.25, -0.2) is 0 Å². The van der Waals surface area contributed by atoms with Crippen LogP contribution in [0.1, 0.15) is 22.7 Å². The van der Waals surface area contributed by atoms with Crippen LogP contribution in [-0.4, -0.2) is 15.2 Å². The monoisotopic (exact) mass is 465 g/mol. The first-order valence-corrected chi connectivity index (χ1v) is 10.2. The highest BCUT2D eigenvalue weighted by atomic mass is 79.9. The van der Waals surface area contributed by atoms with Crippen molar-refractivity contribution in [3.8, 4) is 5.75 Å². The maximum Gasteiger partial charge on any atom is 0.174 e. The van der Waals surface area contributed by atoms with Crippen LogP contribution in [0, 0.1) is 0 Å². The molecule has 2 N–H and O–H groups in total. The van der Waals surface area contributed by atoms with Crippen LogP contribution in [0.4, 0.5) is 5.69 Å². The Bertz CT molecular complexity index is 966. The van der Waals surface area contributed by atoms with Crippen LogP contribution in [0.3, 0.4) is 0 Å². The molecule has 4 rings (SSSR count). The number of hydrogen-bond donors (Lipinski definition) is 2. The number of thiophene rings is 1. The summed E-state index contributed by atoms with van der Waals surface area (Å²) in [5.41, 5.74) is 1.45. The van der Waals surface area contributed by atoms with Gasteiger partial charge in [-0.3, -0.25) is 4.98 Å². The van der Waals surface area contributed by atoms with Crippen molar-refractivity contribution in [1.82, 2.24) is 10.3 Å². The first kappa shape index (κ1) is 17.7.